The highest BCUT2D eigenvalue weighted by Crippen LogP contribution is 2.40. The Kier molecular flexibility index (Phi) is 17.1. The summed E-state index contributed by atoms with van der Waals surface area (Å²) in [6.45, 7) is 3.40. The predicted octanol–water partition coefficient (Wildman–Crippen LogP) is 8.36. The minimum atomic E-state index is -1.19. The normalized spacial score (nSPS) is 12.5. The van der Waals surface area contributed by atoms with Crippen LogP contribution in [0.2, 0.25) is 0 Å². The van der Waals surface area contributed by atoms with Crippen molar-refractivity contribution in [3.05, 3.63) is 65.2 Å². The van der Waals surface area contributed by atoms with Gasteiger partial charge in [0.15, 0.2) is 0 Å². The molecule has 2 aromatic rings. The zero-order chi connectivity index (χ0) is 28.2. The van der Waals surface area contributed by atoms with E-state index in [1.807, 2.05) is 36.4 Å². The fourth-order valence-electron chi connectivity index (χ4n) is 5.43. The summed E-state index contributed by atoms with van der Waals surface area (Å²) in [4.78, 5) is 0. The molecule has 0 aliphatic carbocycles. The summed E-state index contributed by atoms with van der Waals surface area (Å²) in [5, 5.41) is 31.3. The molecule has 2 aromatic carbocycles. The summed E-state index contributed by atoms with van der Waals surface area (Å²) < 4.78 is 6.71. The molecule has 1 atom stereocenters. The van der Waals surface area contributed by atoms with Gasteiger partial charge < -0.3 is 20.1 Å². The van der Waals surface area contributed by atoms with Crippen molar-refractivity contribution >= 4 is 0 Å². The van der Waals surface area contributed by atoms with Crippen LogP contribution in [0.1, 0.15) is 127 Å². The van der Waals surface area contributed by atoms with Crippen LogP contribution in [0, 0.1) is 5.41 Å². The van der Waals surface area contributed by atoms with Crippen LogP contribution in [0.5, 0.6) is 5.75 Å². The topological polar surface area (TPSA) is 69.9 Å². The van der Waals surface area contributed by atoms with Crippen LogP contribution in [-0.4, -0.2) is 35.1 Å². The van der Waals surface area contributed by atoms with Gasteiger partial charge >= 0.3 is 0 Å². The molecule has 0 radical (unpaired) electrons. The Bertz CT molecular complexity index is 868. The molecule has 0 heterocycles. The van der Waals surface area contributed by atoms with Gasteiger partial charge in [-0.1, -0.05) is 133 Å². The smallest absolute Gasteiger partial charge is 0.136 e. The van der Waals surface area contributed by atoms with E-state index in [0.717, 1.165) is 42.6 Å². The van der Waals surface area contributed by atoms with Crippen LogP contribution in [0.4, 0.5) is 0 Å². The number of para-hydroxylation sites is 1. The number of benzene rings is 2. The van der Waals surface area contributed by atoms with Crippen molar-refractivity contribution in [2.45, 2.75) is 123 Å². The standard InChI is InChI=1S/C35H56O4/c1-3-5-7-9-11-13-15-21-30-22-17-19-25-32(30)34(35(27-36,28-37)29-38)39-33-26-20-18-24-31(33)23-16-14-12-10-8-6-4-2/h17-20,22,24-26,34,36-38H,3-16,21,23,27-29H2,1-2H3. The number of aryl methyl sites for hydroxylation is 2. The van der Waals surface area contributed by atoms with Crippen molar-refractivity contribution in [3.63, 3.8) is 0 Å². The average molecular weight is 541 g/mol. The van der Waals surface area contributed by atoms with E-state index in [2.05, 4.69) is 26.0 Å². The first kappa shape index (κ1) is 33.3. The lowest BCUT2D eigenvalue weighted by Gasteiger charge is -2.38. The highest BCUT2D eigenvalue weighted by molar-refractivity contribution is 5.37. The first-order valence-corrected chi connectivity index (χ1v) is 15.8. The second-order valence-corrected chi connectivity index (χ2v) is 11.4. The van der Waals surface area contributed by atoms with Gasteiger partial charge in [-0.3, -0.25) is 0 Å². The Morgan fingerprint density at radius 3 is 1.54 bits per heavy atom. The molecular weight excluding hydrogens is 484 g/mol. The Morgan fingerprint density at radius 2 is 1.00 bits per heavy atom. The molecule has 0 aliphatic heterocycles. The van der Waals surface area contributed by atoms with Crippen LogP contribution in [0.15, 0.2) is 48.5 Å². The van der Waals surface area contributed by atoms with E-state index in [1.54, 1.807) is 0 Å². The van der Waals surface area contributed by atoms with Crippen molar-refractivity contribution in [2.75, 3.05) is 19.8 Å². The molecule has 39 heavy (non-hydrogen) atoms. The number of ether oxygens (including phenoxy) is 1. The largest absolute Gasteiger partial charge is 0.485 e. The third-order valence-electron chi connectivity index (χ3n) is 8.16. The van der Waals surface area contributed by atoms with Crippen LogP contribution in [0.3, 0.4) is 0 Å². The van der Waals surface area contributed by atoms with Gasteiger partial charge in [-0.05, 0) is 48.4 Å². The Labute approximate surface area is 238 Å². The molecule has 3 N–H and O–H groups in total. The summed E-state index contributed by atoms with van der Waals surface area (Å²) in [6, 6.07) is 16.3. The molecule has 0 bridgehead atoms. The second-order valence-electron chi connectivity index (χ2n) is 11.4. The SMILES string of the molecule is CCCCCCCCCc1ccccc1OC(c1ccccc1CCCCCCCCC)C(CO)(CO)CO. The van der Waals surface area contributed by atoms with Crippen LogP contribution in [0.25, 0.3) is 0 Å². The average Bonchev–Trinajstić information content (AvgIpc) is 2.97. The van der Waals surface area contributed by atoms with Gasteiger partial charge in [0.1, 0.15) is 11.9 Å². The monoisotopic (exact) mass is 540 g/mol. The molecule has 4 nitrogen and oxygen atoms in total. The summed E-state index contributed by atoms with van der Waals surface area (Å²) in [5.41, 5.74) is 2.07. The zero-order valence-electron chi connectivity index (χ0n) is 24.9. The zero-order valence-corrected chi connectivity index (χ0v) is 24.9. The van der Waals surface area contributed by atoms with Crippen LogP contribution < -0.4 is 4.74 Å². The first-order valence-electron chi connectivity index (χ1n) is 15.8. The lowest BCUT2D eigenvalue weighted by Crippen LogP contribution is -2.43. The maximum Gasteiger partial charge on any atom is 0.136 e. The van der Waals surface area contributed by atoms with E-state index in [1.165, 1.54) is 82.6 Å². The fraction of sp³-hybridized carbons (Fsp3) is 0.657. The van der Waals surface area contributed by atoms with Crippen molar-refractivity contribution in [1.82, 2.24) is 0 Å². The quantitative estimate of drug-likeness (QED) is 0.124. The van der Waals surface area contributed by atoms with Gasteiger partial charge in [0.2, 0.25) is 0 Å². The van der Waals surface area contributed by atoms with E-state index in [-0.39, 0.29) is 19.8 Å². The third-order valence-corrected chi connectivity index (χ3v) is 8.16. The molecule has 0 saturated carbocycles. The molecule has 0 fully saturated rings. The lowest BCUT2D eigenvalue weighted by molar-refractivity contribution is -0.0747. The third kappa shape index (κ3) is 11.3. The Balaban J connectivity index is 2.19. The highest BCUT2D eigenvalue weighted by Gasteiger charge is 2.42. The molecular formula is C35H56O4. The van der Waals surface area contributed by atoms with Crippen LogP contribution >= 0.6 is 0 Å². The van der Waals surface area contributed by atoms with Crippen molar-refractivity contribution in [3.8, 4) is 5.75 Å². The number of hydrogen-bond donors (Lipinski definition) is 3. The van der Waals surface area contributed by atoms with Crippen molar-refractivity contribution < 1.29 is 20.1 Å². The van der Waals surface area contributed by atoms with Crippen molar-refractivity contribution in [1.29, 1.82) is 0 Å². The van der Waals surface area contributed by atoms with Crippen molar-refractivity contribution in [2.24, 2.45) is 5.41 Å². The van der Waals surface area contributed by atoms with Crippen LogP contribution in [-0.2, 0) is 12.8 Å². The van der Waals surface area contributed by atoms with E-state index in [9.17, 15) is 15.3 Å². The van der Waals surface area contributed by atoms with E-state index >= 15 is 0 Å². The molecule has 0 aliphatic rings. The fourth-order valence-corrected chi connectivity index (χ4v) is 5.43. The van der Waals surface area contributed by atoms with Gasteiger partial charge in [-0.15, -0.1) is 0 Å². The molecule has 0 amide bonds. The number of rotatable bonds is 23. The molecule has 0 saturated heterocycles. The minimum Gasteiger partial charge on any atom is -0.485 e. The van der Waals surface area contributed by atoms with Gasteiger partial charge in [0, 0.05) is 0 Å². The predicted molar refractivity (Wildman–Crippen MR) is 163 cm³/mol. The highest BCUT2D eigenvalue weighted by atomic mass is 16.5. The van der Waals surface area contributed by atoms with Gasteiger partial charge in [-0.25, -0.2) is 0 Å². The first-order chi connectivity index (χ1) is 19.2. The molecule has 0 aromatic heterocycles. The number of aliphatic hydroxyl groups is 3. The second kappa shape index (κ2) is 20.1. The maximum atomic E-state index is 10.4. The van der Waals surface area contributed by atoms with E-state index < -0.39 is 11.5 Å². The summed E-state index contributed by atoms with van der Waals surface area (Å²) in [6.07, 6.45) is 18.7. The van der Waals surface area contributed by atoms with E-state index in [0.29, 0.717) is 0 Å². The molecule has 1 unspecified atom stereocenters. The Hall–Kier alpha value is -1.88. The maximum absolute atomic E-state index is 10.4. The Morgan fingerprint density at radius 1 is 0.564 bits per heavy atom. The number of hydrogen-bond acceptors (Lipinski definition) is 4. The molecule has 4 heteroatoms. The summed E-state index contributed by atoms with van der Waals surface area (Å²) in [7, 11) is 0. The summed E-state index contributed by atoms with van der Waals surface area (Å²) >= 11 is 0. The van der Waals surface area contributed by atoms with Gasteiger partial charge in [0.25, 0.3) is 0 Å². The van der Waals surface area contributed by atoms with Gasteiger partial charge in [-0.2, -0.15) is 0 Å². The molecule has 2 rings (SSSR count). The lowest BCUT2D eigenvalue weighted by atomic mass is 9.78. The minimum absolute atomic E-state index is 0.365. The number of unbranched alkanes of at least 4 members (excludes halogenated alkanes) is 12. The van der Waals surface area contributed by atoms with Gasteiger partial charge in [0.05, 0.1) is 25.2 Å². The molecule has 220 valence electrons. The number of aliphatic hydroxyl groups excluding tert-OH is 3. The van der Waals surface area contributed by atoms with E-state index in [4.69, 9.17) is 4.74 Å². The molecule has 0 spiro atoms. The summed E-state index contributed by atoms with van der Waals surface area (Å²) in [5.74, 6) is 0.777.